The number of rotatable bonds is 2. The van der Waals surface area contributed by atoms with E-state index in [-0.39, 0.29) is 17.9 Å². The van der Waals surface area contributed by atoms with Gasteiger partial charge in [-0.3, -0.25) is 19.4 Å². The van der Waals surface area contributed by atoms with Crippen molar-refractivity contribution in [3.63, 3.8) is 0 Å². The van der Waals surface area contributed by atoms with Gasteiger partial charge in [0.15, 0.2) is 0 Å². The van der Waals surface area contributed by atoms with Crippen molar-refractivity contribution in [2.75, 3.05) is 33.2 Å². The van der Waals surface area contributed by atoms with Crippen LogP contribution in [0.3, 0.4) is 0 Å². The number of likely N-dealkylation sites (N-methyl/N-ethyl adjacent to an activating group) is 1. The van der Waals surface area contributed by atoms with Gasteiger partial charge in [-0.15, -0.1) is 0 Å². The molecule has 0 aromatic rings. The fourth-order valence-corrected chi connectivity index (χ4v) is 2.29. The molecule has 1 fully saturated rings. The van der Waals surface area contributed by atoms with Crippen LogP contribution < -0.4 is 0 Å². The topological polar surface area (TPSA) is 43.9 Å². The Kier molecular flexibility index (Phi) is 8.65. The van der Waals surface area contributed by atoms with Crippen LogP contribution in [0.5, 0.6) is 0 Å². The minimum absolute atomic E-state index is 0.0324. The van der Waals surface area contributed by atoms with Gasteiger partial charge in [0, 0.05) is 52.1 Å². The van der Waals surface area contributed by atoms with Crippen LogP contribution in [-0.4, -0.2) is 71.8 Å². The second-order valence-corrected chi connectivity index (χ2v) is 5.93. The summed E-state index contributed by atoms with van der Waals surface area (Å²) in [5, 5.41) is 0. The lowest BCUT2D eigenvalue weighted by Crippen LogP contribution is -2.47. The van der Waals surface area contributed by atoms with Gasteiger partial charge in [0.1, 0.15) is 0 Å². The molecule has 0 atom stereocenters. The zero-order chi connectivity index (χ0) is 15.9. The molecule has 0 bridgehead atoms. The number of piperazine rings is 1. The first-order chi connectivity index (χ1) is 9.16. The predicted octanol–water partition coefficient (Wildman–Crippen LogP) is 1.43. The Balaban J connectivity index is 0.000000361. The average molecular weight is 285 g/mol. The van der Waals surface area contributed by atoms with E-state index in [0.29, 0.717) is 0 Å². The molecule has 0 aromatic carbocycles. The molecule has 0 N–H and O–H groups in total. The van der Waals surface area contributed by atoms with Crippen LogP contribution >= 0.6 is 0 Å². The van der Waals surface area contributed by atoms with E-state index < -0.39 is 0 Å². The summed E-state index contributed by atoms with van der Waals surface area (Å²) in [6, 6.07) is 0.698. The molecular formula is C15H31N3O2. The van der Waals surface area contributed by atoms with E-state index in [2.05, 4.69) is 30.7 Å². The summed E-state index contributed by atoms with van der Waals surface area (Å²) in [5.41, 5.74) is 0. The van der Waals surface area contributed by atoms with Crippen LogP contribution in [0.15, 0.2) is 0 Å². The van der Waals surface area contributed by atoms with E-state index in [9.17, 15) is 9.59 Å². The van der Waals surface area contributed by atoms with Gasteiger partial charge in [0.25, 0.3) is 0 Å². The van der Waals surface area contributed by atoms with Gasteiger partial charge in [-0.2, -0.15) is 0 Å². The summed E-state index contributed by atoms with van der Waals surface area (Å²) < 4.78 is 0. The lowest BCUT2D eigenvalue weighted by Gasteiger charge is -2.34. The average Bonchev–Trinajstić information content (AvgIpc) is 2.28. The quantitative estimate of drug-likeness (QED) is 0.770. The smallest absolute Gasteiger partial charge is 0.226 e. The second-order valence-electron chi connectivity index (χ2n) is 5.93. The van der Waals surface area contributed by atoms with Crippen molar-refractivity contribution in [1.82, 2.24) is 14.7 Å². The Labute approximate surface area is 123 Å². The molecule has 1 aliphatic heterocycles. The zero-order valence-corrected chi connectivity index (χ0v) is 14.1. The fraction of sp³-hybridized carbons (Fsp3) is 0.867. The molecule has 0 spiro atoms. The molecule has 118 valence electrons. The lowest BCUT2D eigenvalue weighted by molar-refractivity contribution is -0.144. The fourth-order valence-electron chi connectivity index (χ4n) is 2.29. The third kappa shape index (κ3) is 7.01. The Morgan fingerprint density at radius 2 is 1.30 bits per heavy atom. The summed E-state index contributed by atoms with van der Waals surface area (Å²) in [6.45, 7) is 15.9. The summed E-state index contributed by atoms with van der Waals surface area (Å²) in [7, 11) is 2.19. The van der Waals surface area contributed by atoms with Crippen molar-refractivity contribution in [1.29, 1.82) is 0 Å². The van der Waals surface area contributed by atoms with E-state index in [4.69, 9.17) is 0 Å². The predicted molar refractivity (Wildman–Crippen MR) is 82.5 cm³/mol. The van der Waals surface area contributed by atoms with Gasteiger partial charge in [0.2, 0.25) is 11.8 Å². The minimum atomic E-state index is -0.192. The number of imide groups is 1. The third-order valence-corrected chi connectivity index (χ3v) is 3.46. The summed E-state index contributed by atoms with van der Waals surface area (Å²) in [5.74, 6) is -0.384. The normalized spacial score (nSPS) is 16.9. The van der Waals surface area contributed by atoms with E-state index in [1.807, 2.05) is 13.8 Å². The highest BCUT2D eigenvalue weighted by molar-refractivity contribution is 5.93. The first-order valence-electron chi connectivity index (χ1n) is 7.39. The Morgan fingerprint density at radius 3 is 1.50 bits per heavy atom. The number of nitrogens with zero attached hydrogens (tertiary/aromatic N) is 3. The van der Waals surface area contributed by atoms with Gasteiger partial charge in [-0.05, 0) is 34.7 Å². The highest BCUT2D eigenvalue weighted by atomic mass is 16.2. The van der Waals surface area contributed by atoms with E-state index in [0.717, 1.165) is 6.04 Å². The molecule has 0 radical (unpaired) electrons. The van der Waals surface area contributed by atoms with Crippen LogP contribution in [0, 0.1) is 0 Å². The van der Waals surface area contributed by atoms with Gasteiger partial charge >= 0.3 is 0 Å². The van der Waals surface area contributed by atoms with Crippen molar-refractivity contribution >= 4 is 11.8 Å². The molecule has 5 heteroatoms. The molecule has 1 saturated heterocycles. The number of carbonyl (C=O) groups is 2. The molecule has 0 saturated carbocycles. The zero-order valence-electron chi connectivity index (χ0n) is 14.1. The van der Waals surface area contributed by atoms with Crippen molar-refractivity contribution in [3.05, 3.63) is 0 Å². The van der Waals surface area contributed by atoms with Crippen LogP contribution in [-0.2, 0) is 9.59 Å². The van der Waals surface area contributed by atoms with Crippen molar-refractivity contribution in [2.45, 2.75) is 53.6 Å². The molecule has 1 aliphatic rings. The van der Waals surface area contributed by atoms with Gasteiger partial charge in [-0.25, -0.2) is 0 Å². The van der Waals surface area contributed by atoms with Gasteiger partial charge in [0.05, 0.1) is 0 Å². The number of amides is 2. The van der Waals surface area contributed by atoms with Crippen LogP contribution in [0.25, 0.3) is 0 Å². The number of hydrogen-bond acceptors (Lipinski definition) is 4. The maximum absolute atomic E-state index is 10.7. The Bertz CT molecular complexity index is 294. The van der Waals surface area contributed by atoms with E-state index in [1.165, 1.54) is 44.9 Å². The van der Waals surface area contributed by atoms with E-state index in [1.54, 1.807) is 0 Å². The number of carbonyl (C=O) groups excluding carboxylic acids is 2. The monoisotopic (exact) mass is 285 g/mol. The largest absolute Gasteiger partial charge is 0.304 e. The molecule has 5 nitrogen and oxygen atoms in total. The molecule has 0 aliphatic carbocycles. The maximum Gasteiger partial charge on any atom is 0.226 e. The summed E-state index contributed by atoms with van der Waals surface area (Å²) in [6.07, 6.45) is 0. The molecule has 2 amide bonds. The first-order valence-corrected chi connectivity index (χ1v) is 7.39. The number of hydrogen-bond donors (Lipinski definition) is 0. The first kappa shape index (κ1) is 19.1. The Morgan fingerprint density at radius 1 is 0.900 bits per heavy atom. The van der Waals surface area contributed by atoms with Crippen molar-refractivity contribution < 1.29 is 9.59 Å². The maximum atomic E-state index is 10.7. The van der Waals surface area contributed by atoms with E-state index >= 15 is 0 Å². The molecule has 1 heterocycles. The molecule has 0 unspecified atom stereocenters. The molecule has 20 heavy (non-hydrogen) atoms. The second kappa shape index (κ2) is 9.08. The van der Waals surface area contributed by atoms with Crippen LogP contribution in [0.4, 0.5) is 0 Å². The SMILES string of the molecule is CC(=O)N(C(C)=O)C(C)C.CC(C)N1CCN(C)CC1. The highest BCUT2D eigenvalue weighted by Crippen LogP contribution is 2.03. The van der Waals surface area contributed by atoms with Crippen molar-refractivity contribution in [2.24, 2.45) is 0 Å². The highest BCUT2D eigenvalue weighted by Gasteiger charge is 2.16. The molecular weight excluding hydrogens is 254 g/mol. The molecule has 1 rings (SSSR count). The van der Waals surface area contributed by atoms with Gasteiger partial charge in [-0.1, -0.05) is 0 Å². The summed E-state index contributed by atoms with van der Waals surface area (Å²) in [4.78, 5) is 27.6. The standard InChI is InChI=1S/C8H18N2.C7H13NO2/c1-8(2)10-6-4-9(3)5-7-10;1-5(2)8(6(3)9)7(4)10/h8H,4-7H2,1-3H3;5H,1-4H3. The lowest BCUT2D eigenvalue weighted by atomic mass is 10.2. The Hall–Kier alpha value is -0.940. The van der Waals surface area contributed by atoms with Crippen molar-refractivity contribution in [3.8, 4) is 0 Å². The minimum Gasteiger partial charge on any atom is -0.304 e. The van der Waals surface area contributed by atoms with Crippen LogP contribution in [0.1, 0.15) is 41.5 Å². The summed E-state index contributed by atoms with van der Waals surface area (Å²) >= 11 is 0. The van der Waals surface area contributed by atoms with Gasteiger partial charge < -0.3 is 4.90 Å². The molecule has 0 aromatic heterocycles. The third-order valence-electron chi connectivity index (χ3n) is 3.46. The van der Waals surface area contributed by atoms with Crippen LogP contribution in [0.2, 0.25) is 0 Å².